The first-order chi connectivity index (χ1) is 8.26. The number of carbonyl (C=O) groups excluding carboxylic acids is 1. The van der Waals surface area contributed by atoms with Gasteiger partial charge in [-0.2, -0.15) is 0 Å². The van der Waals surface area contributed by atoms with Gasteiger partial charge < -0.3 is 19.9 Å². The number of ether oxygens (including phenoxy) is 2. The number of rotatable bonds is 7. The lowest BCUT2D eigenvalue weighted by Gasteiger charge is -2.06. The number of hydrogen-bond acceptors (Lipinski definition) is 5. The predicted molar refractivity (Wildman–Crippen MR) is 62.7 cm³/mol. The number of aliphatic hydroxyl groups is 1. The summed E-state index contributed by atoms with van der Waals surface area (Å²) in [5.74, 6) is 0.222. The molecule has 0 heterocycles. The van der Waals surface area contributed by atoms with Crippen LogP contribution in [0.15, 0.2) is 24.3 Å². The summed E-state index contributed by atoms with van der Waals surface area (Å²) in [6.07, 6.45) is 0. The molecule has 1 rings (SSSR count). The Morgan fingerprint density at radius 3 is 2.65 bits per heavy atom. The van der Waals surface area contributed by atoms with Gasteiger partial charge in [0.05, 0.1) is 13.7 Å². The van der Waals surface area contributed by atoms with Crippen molar-refractivity contribution >= 4 is 5.97 Å². The van der Waals surface area contributed by atoms with Crippen LogP contribution in [-0.4, -0.2) is 37.9 Å². The van der Waals surface area contributed by atoms with Crippen molar-refractivity contribution in [1.29, 1.82) is 0 Å². The summed E-state index contributed by atoms with van der Waals surface area (Å²) < 4.78 is 9.67. The van der Waals surface area contributed by atoms with Crippen molar-refractivity contribution in [2.24, 2.45) is 0 Å². The molecular weight excluding hydrogens is 222 g/mol. The van der Waals surface area contributed by atoms with E-state index in [9.17, 15) is 4.79 Å². The number of benzene rings is 1. The predicted octanol–water partition coefficient (Wildman–Crippen LogP) is 0.320. The number of aliphatic hydroxyl groups excluding tert-OH is 1. The monoisotopic (exact) mass is 239 g/mol. The summed E-state index contributed by atoms with van der Waals surface area (Å²) >= 11 is 0. The maximum atomic E-state index is 10.8. The summed E-state index contributed by atoms with van der Waals surface area (Å²) in [4.78, 5) is 10.8. The molecule has 0 spiro atoms. The summed E-state index contributed by atoms with van der Waals surface area (Å²) in [5, 5.41) is 11.7. The Kier molecular flexibility index (Phi) is 6.06. The lowest BCUT2D eigenvalue weighted by molar-refractivity contribution is -0.142. The molecule has 0 atom stereocenters. The maximum absolute atomic E-state index is 10.8. The molecule has 0 fully saturated rings. The van der Waals surface area contributed by atoms with E-state index < -0.39 is 5.97 Å². The third-order valence-corrected chi connectivity index (χ3v) is 2.13. The highest BCUT2D eigenvalue weighted by atomic mass is 16.6. The molecule has 1 aromatic rings. The van der Waals surface area contributed by atoms with Crippen LogP contribution in [0.2, 0.25) is 0 Å². The zero-order chi connectivity index (χ0) is 12.5. The Labute approximate surface area is 100 Å². The molecule has 5 nitrogen and oxygen atoms in total. The van der Waals surface area contributed by atoms with Gasteiger partial charge in [-0.25, -0.2) is 4.79 Å². The molecule has 0 saturated carbocycles. The van der Waals surface area contributed by atoms with E-state index in [4.69, 9.17) is 9.84 Å². The Hall–Kier alpha value is -1.59. The van der Waals surface area contributed by atoms with Gasteiger partial charge in [0.25, 0.3) is 0 Å². The van der Waals surface area contributed by atoms with Crippen molar-refractivity contribution in [1.82, 2.24) is 5.32 Å². The molecule has 0 aliphatic rings. The Morgan fingerprint density at radius 2 is 2.06 bits per heavy atom. The van der Waals surface area contributed by atoms with Gasteiger partial charge in [-0.05, 0) is 17.7 Å². The topological polar surface area (TPSA) is 67.8 Å². The standard InChI is InChI=1S/C12H17NO4/c1-16-12(15)9-17-11-4-2-10(3-5-11)8-13-6-7-14/h2-5,13-14H,6-9H2,1H3. The van der Waals surface area contributed by atoms with E-state index in [1.54, 1.807) is 12.1 Å². The van der Waals surface area contributed by atoms with Gasteiger partial charge in [0.15, 0.2) is 6.61 Å². The highest BCUT2D eigenvalue weighted by molar-refractivity contribution is 5.70. The summed E-state index contributed by atoms with van der Waals surface area (Å²) in [7, 11) is 1.32. The van der Waals surface area contributed by atoms with Crippen molar-refractivity contribution < 1.29 is 19.4 Å². The first kappa shape index (κ1) is 13.5. The maximum Gasteiger partial charge on any atom is 0.343 e. The number of nitrogens with one attached hydrogen (secondary N) is 1. The van der Waals surface area contributed by atoms with Crippen LogP contribution in [0.4, 0.5) is 0 Å². The van der Waals surface area contributed by atoms with E-state index in [-0.39, 0.29) is 13.2 Å². The molecule has 0 bridgehead atoms. The minimum Gasteiger partial charge on any atom is -0.482 e. The highest BCUT2D eigenvalue weighted by Crippen LogP contribution is 2.11. The van der Waals surface area contributed by atoms with E-state index in [2.05, 4.69) is 10.1 Å². The molecule has 2 N–H and O–H groups in total. The Morgan fingerprint density at radius 1 is 1.35 bits per heavy atom. The second-order valence-electron chi connectivity index (χ2n) is 3.41. The molecule has 0 unspecified atom stereocenters. The van der Waals surface area contributed by atoms with Gasteiger partial charge in [-0.15, -0.1) is 0 Å². The van der Waals surface area contributed by atoms with E-state index >= 15 is 0 Å². The second-order valence-corrected chi connectivity index (χ2v) is 3.41. The summed E-state index contributed by atoms with van der Waals surface area (Å²) in [6.45, 7) is 1.30. The van der Waals surface area contributed by atoms with Crippen LogP contribution < -0.4 is 10.1 Å². The zero-order valence-electron chi connectivity index (χ0n) is 9.81. The first-order valence-electron chi connectivity index (χ1n) is 5.36. The first-order valence-corrected chi connectivity index (χ1v) is 5.36. The van der Waals surface area contributed by atoms with E-state index in [0.717, 1.165) is 5.56 Å². The van der Waals surface area contributed by atoms with Crippen LogP contribution in [0.3, 0.4) is 0 Å². The fraction of sp³-hybridized carbons (Fsp3) is 0.417. The smallest absolute Gasteiger partial charge is 0.343 e. The van der Waals surface area contributed by atoms with Crippen LogP contribution in [0.5, 0.6) is 5.75 Å². The van der Waals surface area contributed by atoms with Crippen molar-refractivity contribution in [3.63, 3.8) is 0 Å². The Bertz CT molecular complexity index is 337. The summed E-state index contributed by atoms with van der Waals surface area (Å²) in [5.41, 5.74) is 1.09. The van der Waals surface area contributed by atoms with Crippen LogP contribution in [0, 0.1) is 0 Å². The van der Waals surface area contributed by atoms with Crippen LogP contribution in [0.25, 0.3) is 0 Å². The molecular formula is C12H17NO4. The fourth-order valence-electron chi connectivity index (χ4n) is 1.22. The molecule has 94 valence electrons. The third kappa shape index (κ3) is 5.33. The molecule has 0 saturated heterocycles. The lowest BCUT2D eigenvalue weighted by Crippen LogP contribution is -2.17. The fourth-order valence-corrected chi connectivity index (χ4v) is 1.22. The van der Waals surface area contributed by atoms with Gasteiger partial charge in [-0.3, -0.25) is 0 Å². The number of methoxy groups -OCH3 is 1. The van der Waals surface area contributed by atoms with Crippen molar-refractivity contribution in [2.75, 3.05) is 26.9 Å². The zero-order valence-corrected chi connectivity index (χ0v) is 9.81. The molecule has 0 aliphatic carbocycles. The highest BCUT2D eigenvalue weighted by Gasteiger charge is 2.01. The average Bonchev–Trinajstić information content (AvgIpc) is 2.37. The largest absolute Gasteiger partial charge is 0.482 e. The Balaban J connectivity index is 2.36. The normalized spacial score (nSPS) is 10.0. The third-order valence-electron chi connectivity index (χ3n) is 2.13. The van der Waals surface area contributed by atoms with Crippen LogP contribution >= 0.6 is 0 Å². The van der Waals surface area contributed by atoms with E-state index in [0.29, 0.717) is 18.8 Å². The van der Waals surface area contributed by atoms with Gasteiger partial charge >= 0.3 is 5.97 Å². The number of hydrogen-bond donors (Lipinski definition) is 2. The van der Waals surface area contributed by atoms with Gasteiger partial charge in [-0.1, -0.05) is 12.1 Å². The van der Waals surface area contributed by atoms with Crippen LogP contribution in [0.1, 0.15) is 5.56 Å². The molecule has 0 amide bonds. The minimum absolute atomic E-state index is 0.0847. The quantitative estimate of drug-likeness (QED) is 0.530. The molecule has 0 aliphatic heterocycles. The molecule has 17 heavy (non-hydrogen) atoms. The van der Waals surface area contributed by atoms with E-state index in [1.807, 2.05) is 12.1 Å². The van der Waals surface area contributed by atoms with E-state index in [1.165, 1.54) is 7.11 Å². The molecule has 5 heteroatoms. The average molecular weight is 239 g/mol. The minimum atomic E-state index is -0.404. The lowest BCUT2D eigenvalue weighted by atomic mass is 10.2. The van der Waals surface area contributed by atoms with Gasteiger partial charge in [0.2, 0.25) is 0 Å². The van der Waals surface area contributed by atoms with Crippen molar-refractivity contribution in [3.05, 3.63) is 29.8 Å². The SMILES string of the molecule is COC(=O)COc1ccc(CNCCO)cc1. The van der Waals surface area contributed by atoms with Gasteiger partial charge in [0.1, 0.15) is 5.75 Å². The summed E-state index contributed by atoms with van der Waals surface area (Å²) in [6, 6.07) is 7.38. The molecule has 0 aromatic heterocycles. The van der Waals surface area contributed by atoms with Crippen molar-refractivity contribution in [2.45, 2.75) is 6.54 Å². The van der Waals surface area contributed by atoms with Gasteiger partial charge in [0, 0.05) is 13.1 Å². The number of carbonyl (C=O) groups is 1. The molecule has 0 radical (unpaired) electrons. The number of esters is 1. The van der Waals surface area contributed by atoms with Crippen molar-refractivity contribution in [3.8, 4) is 5.75 Å². The van der Waals surface area contributed by atoms with Crippen LogP contribution in [-0.2, 0) is 16.1 Å². The molecule has 1 aromatic carbocycles. The second kappa shape index (κ2) is 7.65.